The van der Waals surface area contributed by atoms with E-state index in [1.165, 1.54) is 10.6 Å². The third-order valence-corrected chi connectivity index (χ3v) is 5.32. The molecule has 0 bridgehead atoms. The van der Waals surface area contributed by atoms with Gasteiger partial charge in [-0.2, -0.15) is 4.31 Å². The van der Waals surface area contributed by atoms with Gasteiger partial charge in [-0.1, -0.05) is 59.7 Å². The number of hydrogen-bond acceptors (Lipinski definition) is 3. The summed E-state index contributed by atoms with van der Waals surface area (Å²) in [7, 11) is -3.39. The molecule has 140 valence electrons. The highest BCUT2D eigenvalue weighted by molar-refractivity contribution is 7.88. The maximum atomic E-state index is 12.1. The van der Waals surface area contributed by atoms with Crippen molar-refractivity contribution in [3.63, 3.8) is 0 Å². The van der Waals surface area contributed by atoms with Crippen molar-refractivity contribution in [1.82, 2.24) is 9.62 Å². The van der Waals surface area contributed by atoms with Gasteiger partial charge in [-0.15, -0.1) is 0 Å². The Morgan fingerprint density at radius 2 is 1.58 bits per heavy atom. The fourth-order valence-electron chi connectivity index (χ4n) is 2.71. The minimum atomic E-state index is -3.39. The zero-order valence-corrected chi connectivity index (χ0v) is 16.3. The summed E-state index contributed by atoms with van der Waals surface area (Å²) >= 11 is 0. The van der Waals surface area contributed by atoms with Crippen molar-refractivity contribution in [3.05, 3.63) is 70.8 Å². The highest BCUT2D eigenvalue weighted by atomic mass is 32.2. The molecule has 0 spiro atoms. The number of nitrogens with one attached hydrogen (secondary N) is 1. The maximum absolute atomic E-state index is 12.1. The number of aryl methyl sites for hydroxylation is 2. The van der Waals surface area contributed by atoms with Crippen molar-refractivity contribution in [2.75, 3.05) is 12.8 Å². The van der Waals surface area contributed by atoms with Gasteiger partial charge in [-0.3, -0.25) is 4.79 Å². The largest absolute Gasteiger partial charge is 0.352 e. The van der Waals surface area contributed by atoms with E-state index in [1.807, 2.05) is 62.4 Å². The van der Waals surface area contributed by atoms with Gasteiger partial charge in [0.1, 0.15) is 0 Å². The van der Waals surface area contributed by atoms with Gasteiger partial charge >= 0.3 is 0 Å². The molecule has 0 unspecified atom stereocenters. The van der Waals surface area contributed by atoms with Crippen molar-refractivity contribution in [1.29, 1.82) is 0 Å². The summed E-state index contributed by atoms with van der Waals surface area (Å²) in [5, 5.41) is 2.85. The van der Waals surface area contributed by atoms with Crippen molar-refractivity contribution in [2.45, 2.75) is 33.4 Å². The second kappa shape index (κ2) is 8.96. The second-order valence-electron chi connectivity index (χ2n) is 6.60. The Kier molecular flexibility index (Phi) is 6.94. The summed E-state index contributed by atoms with van der Waals surface area (Å²) in [6.45, 7) is 4.84. The zero-order chi connectivity index (χ0) is 19.2. The lowest BCUT2D eigenvalue weighted by Crippen LogP contribution is -2.34. The number of hydrogen-bond donors (Lipinski definition) is 1. The van der Waals surface area contributed by atoms with Crippen LogP contribution in [0.3, 0.4) is 0 Å². The van der Waals surface area contributed by atoms with Crippen molar-refractivity contribution in [2.24, 2.45) is 0 Å². The van der Waals surface area contributed by atoms with Gasteiger partial charge in [-0.05, 0) is 25.0 Å². The van der Waals surface area contributed by atoms with Gasteiger partial charge in [0, 0.05) is 26.1 Å². The minimum Gasteiger partial charge on any atom is -0.352 e. The first kappa shape index (κ1) is 20.1. The summed E-state index contributed by atoms with van der Waals surface area (Å²) in [5.74, 6) is -0.163. The predicted octanol–water partition coefficient (Wildman–Crippen LogP) is 2.77. The fourth-order valence-corrected chi connectivity index (χ4v) is 3.52. The maximum Gasteiger partial charge on any atom is 0.221 e. The van der Waals surface area contributed by atoms with E-state index in [-0.39, 0.29) is 25.4 Å². The highest BCUT2D eigenvalue weighted by Crippen LogP contribution is 2.11. The molecule has 26 heavy (non-hydrogen) atoms. The number of nitrogens with zero attached hydrogens (tertiary/aromatic N) is 1. The number of carbonyl (C=O) groups excluding carboxylic acids is 1. The molecule has 2 rings (SSSR count). The van der Waals surface area contributed by atoms with Gasteiger partial charge in [0.2, 0.25) is 15.9 Å². The Balaban J connectivity index is 1.91. The highest BCUT2D eigenvalue weighted by Gasteiger charge is 2.18. The van der Waals surface area contributed by atoms with Crippen LogP contribution in [0.1, 0.15) is 28.7 Å². The molecule has 0 aliphatic carbocycles. The Morgan fingerprint density at radius 1 is 1.00 bits per heavy atom. The SMILES string of the molecule is Cc1cccc(CNC(=O)CCN(Cc2cccc(C)c2)S(C)(=O)=O)c1. The van der Waals surface area contributed by atoms with Crippen molar-refractivity contribution in [3.8, 4) is 0 Å². The molecule has 0 atom stereocenters. The molecule has 0 saturated heterocycles. The second-order valence-corrected chi connectivity index (χ2v) is 8.58. The first-order chi connectivity index (χ1) is 12.2. The normalized spacial score (nSPS) is 11.5. The summed E-state index contributed by atoms with van der Waals surface area (Å²) in [4.78, 5) is 12.1. The Hall–Kier alpha value is -2.18. The van der Waals surface area contributed by atoms with Crippen LogP contribution in [0.4, 0.5) is 0 Å². The number of amides is 1. The number of carbonyl (C=O) groups is 1. The molecule has 0 aliphatic heterocycles. The molecule has 1 amide bonds. The van der Waals surface area contributed by atoms with Gasteiger partial charge in [0.25, 0.3) is 0 Å². The molecule has 5 nitrogen and oxygen atoms in total. The fraction of sp³-hybridized carbons (Fsp3) is 0.350. The molecule has 0 aliphatic rings. The number of sulfonamides is 1. The van der Waals surface area contributed by atoms with Crippen LogP contribution in [0, 0.1) is 13.8 Å². The van der Waals surface area contributed by atoms with E-state index in [4.69, 9.17) is 0 Å². The first-order valence-electron chi connectivity index (χ1n) is 8.57. The van der Waals surface area contributed by atoms with E-state index in [0.717, 1.165) is 22.3 Å². The predicted molar refractivity (Wildman–Crippen MR) is 104 cm³/mol. The Bertz CT molecular complexity index is 863. The average molecular weight is 375 g/mol. The van der Waals surface area contributed by atoms with Crippen LogP contribution >= 0.6 is 0 Å². The van der Waals surface area contributed by atoms with Gasteiger partial charge in [0.05, 0.1) is 6.26 Å². The molecule has 0 fully saturated rings. The number of benzene rings is 2. The summed E-state index contributed by atoms with van der Waals surface area (Å²) < 4.78 is 25.4. The minimum absolute atomic E-state index is 0.130. The molecule has 0 radical (unpaired) electrons. The number of rotatable bonds is 8. The summed E-state index contributed by atoms with van der Waals surface area (Å²) in [6, 6.07) is 15.6. The molecular formula is C20H26N2O3S. The van der Waals surface area contributed by atoms with E-state index < -0.39 is 10.0 Å². The van der Waals surface area contributed by atoms with E-state index in [0.29, 0.717) is 6.54 Å². The van der Waals surface area contributed by atoms with Crippen LogP contribution in [-0.4, -0.2) is 31.4 Å². The third-order valence-electron chi connectivity index (χ3n) is 4.07. The van der Waals surface area contributed by atoms with Crippen LogP contribution in [0.15, 0.2) is 48.5 Å². The third kappa shape index (κ3) is 6.61. The van der Waals surface area contributed by atoms with Gasteiger partial charge in [-0.25, -0.2) is 8.42 Å². The van der Waals surface area contributed by atoms with Crippen LogP contribution in [-0.2, 0) is 27.9 Å². The first-order valence-corrected chi connectivity index (χ1v) is 10.4. The van der Waals surface area contributed by atoms with Crippen LogP contribution in [0.25, 0.3) is 0 Å². The average Bonchev–Trinajstić information content (AvgIpc) is 2.56. The standard InChI is InChI=1S/C20H26N2O3S/c1-16-6-4-8-18(12-16)14-21-20(23)10-11-22(26(3,24)25)15-19-9-5-7-17(2)13-19/h4-9,12-13H,10-11,14-15H2,1-3H3,(H,21,23). The van der Waals surface area contributed by atoms with Crippen LogP contribution < -0.4 is 5.32 Å². The lowest BCUT2D eigenvalue weighted by Gasteiger charge is -2.20. The molecule has 2 aromatic carbocycles. The monoisotopic (exact) mass is 374 g/mol. The molecule has 0 heterocycles. The van der Waals surface area contributed by atoms with E-state index in [1.54, 1.807) is 0 Å². The summed E-state index contributed by atoms with van der Waals surface area (Å²) in [5.41, 5.74) is 4.15. The zero-order valence-electron chi connectivity index (χ0n) is 15.5. The van der Waals surface area contributed by atoms with E-state index >= 15 is 0 Å². The lowest BCUT2D eigenvalue weighted by atomic mass is 10.1. The molecule has 2 aromatic rings. The molecular weight excluding hydrogens is 348 g/mol. The topological polar surface area (TPSA) is 66.5 Å². The molecule has 0 aromatic heterocycles. The van der Waals surface area contributed by atoms with Gasteiger partial charge < -0.3 is 5.32 Å². The lowest BCUT2D eigenvalue weighted by molar-refractivity contribution is -0.121. The Labute approximate surface area is 156 Å². The molecule has 6 heteroatoms. The van der Waals surface area contributed by atoms with Crippen molar-refractivity contribution >= 4 is 15.9 Å². The summed E-state index contributed by atoms with van der Waals surface area (Å²) in [6.07, 6.45) is 1.30. The van der Waals surface area contributed by atoms with Crippen LogP contribution in [0.2, 0.25) is 0 Å². The van der Waals surface area contributed by atoms with Crippen LogP contribution in [0.5, 0.6) is 0 Å². The van der Waals surface area contributed by atoms with Gasteiger partial charge in [0.15, 0.2) is 0 Å². The van der Waals surface area contributed by atoms with E-state index in [9.17, 15) is 13.2 Å². The molecule has 1 N–H and O–H groups in total. The quantitative estimate of drug-likeness (QED) is 0.773. The van der Waals surface area contributed by atoms with Crippen molar-refractivity contribution < 1.29 is 13.2 Å². The smallest absolute Gasteiger partial charge is 0.221 e. The van der Waals surface area contributed by atoms with E-state index in [2.05, 4.69) is 5.32 Å². The Morgan fingerprint density at radius 3 is 2.15 bits per heavy atom. The molecule has 0 saturated carbocycles.